The van der Waals surface area contributed by atoms with Crippen molar-refractivity contribution in [1.82, 2.24) is 9.97 Å². The smallest absolute Gasteiger partial charge is 0.116 e. The predicted octanol–water partition coefficient (Wildman–Crippen LogP) is 10.2. The van der Waals surface area contributed by atoms with Gasteiger partial charge in [0, 0.05) is 35.8 Å². The maximum atomic E-state index is 9.41. The lowest BCUT2D eigenvalue weighted by molar-refractivity contribution is 1.24. The van der Waals surface area contributed by atoms with Gasteiger partial charge in [-0.1, -0.05) is 90.7 Å². The summed E-state index contributed by atoms with van der Waals surface area (Å²) in [6, 6.07) is -3.13. The van der Waals surface area contributed by atoms with Crippen LogP contribution in [0.15, 0.2) is 121 Å². The van der Waals surface area contributed by atoms with Gasteiger partial charge in [0.25, 0.3) is 0 Å². The number of hydrogen-bond donors (Lipinski definition) is 0. The molecule has 5 aromatic carbocycles. The largest absolute Gasteiger partial charge is 0.235 e. The van der Waals surface area contributed by atoms with Crippen molar-refractivity contribution >= 4 is 63.1 Å². The van der Waals surface area contributed by atoms with E-state index in [-0.39, 0.29) is 59.7 Å². The quantitative estimate of drug-likeness (QED) is 0.224. The molecule has 0 radical (unpaired) electrons. The Labute approximate surface area is 250 Å². The van der Waals surface area contributed by atoms with Gasteiger partial charge in [-0.25, -0.2) is 9.97 Å². The normalized spacial score (nSPS) is 17.6. The third-order valence-electron chi connectivity index (χ3n) is 6.09. The van der Waals surface area contributed by atoms with Gasteiger partial charge in [-0.2, -0.15) is 0 Å². The second-order valence-electron chi connectivity index (χ2n) is 8.22. The number of aromatic nitrogens is 2. The van der Waals surface area contributed by atoms with E-state index in [9.17, 15) is 1.37 Å². The average molecular weight is 537 g/mol. The highest BCUT2D eigenvalue weighted by molar-refractivity contribution is 7.26. The molecule has 0 unspecified atom stereocenters. The van der Waals surface area contributed by atoms with Crippen LogP contribution < -0.4 is 0 Å². The summed E-state index contributed by atoms with van der Waals surface area (Å²) in [4.78, 5) is 8.73. The minimum atomic E-state index is -0.604. The molecule has 4 heteroatoms. The monoisotopic (exact) mass is 536 g/mol. The van der Waals surface area contributed by atoms with Crippen LogP contribution in [-0.2, 0) is 0 Å². The highest BCUT2D eigenvalue weighted by atomic mass is 32.1. The molecule has 0 spiro atoms. The van der Waals surface area contributed by atoms with E-state index in [4.69, 9.17) is 20.6 Å². The van der Waals surface area contributed by atoms with Crippen LogP contribution in [0, 0.1) is 0 Å². The summed E-state index contributed by atoms with van der Waals surface area (Å²) in [5.41, 5.74) is 0.0984. The van der Waals surface area contributed by atoms with Crippen molar-refractivity contribution in [3.8, 4) is 33.5 Å². The summed E-state index contributed by atoms with van der Waals surface area (Å²) in [6.07, 6.45) is 1.20. The summed E-state index contributed by atoms with van der Waals surface area (Å²) < 4.78 is 138. The molecule has 3 heterocycles. The van der Waals surface area contributed by atoms with Crippen LogP contribution >= 0.6 is 22.7 Å². The molecule has 2 nitrogen and oxygen atoms in total. The Kier molecular flexibility index (Phi) is 2.52. The fourth-order valence-electron chi connectivity index (χ4n) is 4.40. The molecule has 8 rings (SSSR count). The van der Waals surface area contributed by atoms with Gasteiger partial charge < -0.3 is 0 Å². The lowest BCUT2D eigenvalue weighted by atomic mass is 9.97. The van der Waals surface area contributed by atoms with Crippen LogP contribution in [-0.4, -0.2) is 9.97 Å². The maximum absolute atomic E-state index is 9.41. The van der Waals surface area contributed by atoms with Crippen molar-refractivity contribution in [2.45, 2.75) is 0 Å². The van der Waals surface area contributed by atoms with E-state index in [0.717, 1.165) is 11.3 Å². The van der Waals surface area contributed by atoms with Gasteiger partial charge in [-0.3, -0.25) is 0 Å². The van der Waals surface area contributed by atoms with Gasteiger partial charge in [0.15, 0.2) is 0 Å². The molecular formula is C34H20N2S2. The lowest BCUT2D eigenvalue weighted by Gasteiger charge is -2.08. The summed E-state index contributed by atoms with van der Waals surface area (Å²) in [6.45, 7) is 0. The molecule has 8 aromatic rings. The zero-order chi connectivity index (χ0) is 39.0. The number of benzene rings is 5. The van der Waals surface area contributed by atoms with Crippen molar-refractivity contribution in [3.63, 3.8) is 0 Å². The Morgan fingerprint density at radius 2 is 1.32 bits per heavy atom. The first-order valence-electron chi connectivity index (χ1n) is 19.3. The van der Waals surface area contributed by atoms with Crippen LogP contribution in [0.2, 0.25) is 0 Å². The second-order valence-corrected chi connectivity index (χ2v) is 10.3. The molecule has 0 aliphatic rings. The van der Waals surface area contributed by atoms with Crippen molar-refractivity contribution in [2.75, 3.05) is 0 Å². The molecule has 0 aliphatic heterocycles. The van der Waals surface area contributed by atoms with Crippen LogP contribution in [0.25, 0.3) is 74.0 Å². The molecule has 0 fully saturated rings. The van der Waals surface area contributed by atoms with E-state index in [1.165, 1.54) is 17.7 Å². The van der Waals surface area contributed by atoms with Crippen LogP contribution in [0.3, 0.4) is 0 Å². The molecule has 0 saturated heterocycles. The number of fused-ring (bicyclic) bond motifs is 6. The van der Waals surface area contributed by atoms with Crippen LogP contribution in [0.5, 0.6) is 0 Å². The standard InChI is InChI=1S/C34H20N2S2/c1-2-8-21(9-3-1)31-34-32(36-20-35-31)28-19-23(16-17-30(28)38-34)22-10-6-11-24(18-22)25-13-7-14-27-26-12-4-5-15-29(26)37-33(25)27/h1-20H/i1D,2D,3D,4D,5D,6D,7D,8D,9D,10D,11D,12D,13D,14D,15D,18D. The summed E-state index contributed by atoms with van der Waals surface area (Å²) >= 11 is 2.04. The zero-order valence-electron chi connectivity index (χ0n) is 35.0. The van der Waals surface area contributed by atoms with Crippen LogP contribution in [0.4, 0.5) is 0 Å². The van der Waals surface area contributed by atoms with Gasteiger partial charge >= 0.3 is 0 Å². The van der Waals surface area contributed by atoms with E-state index < -0.39 is 90.6 Å². The molecule has 0 saturated carbocycles. The molecule has 178 valence electrons. The third kappa shape index (κ3) is 3.38. The van der Waals surface area contributed by atoms with Gasteiger partial charge in [0.05, 0.1) is 37.8 Å². The SMILES string of the molecule is [2H]c1c([2H])c([2H])c(-c2ncnc3c2sc2ccc(-c4c([2H])c([2H])c([2H])c(-c5c([2H])c([2H])c([2H])c6c5sc5c([2H])c([2H])c([2H])c([2H])c56)c4[2H])cc23)c([2H])c1[2H]. The van der Waals surface area contributed by atoms with E-state index in [1.807, 2.05) is 0 Å². The molecular weight excluding hydrogens is 501 g/mol. The fraction of sp³-hybridized carbons (Fsp3) is 0. The topological polar surface area (TPSA) is 25.8 Å². The van der Waals surface area contributed by atoms with Gasteiger partial charge in [-0.05, 0) is 46.5 Å². The summed E-state index contributed by atoms with van der Waals surface area (Å²) in [5.74, 6) is 0. The average Bonchev–Trinajstić information content (AvgIpc) is 3.74. The minimum absolute atomic E-state index is 0.0259. The number of hydrogen-bond acceptors (Lipinski definition) is 4. The number of thiophene rings is 2. The van der Waals surface area contributed by atoms with E-state index >= 15 is 0 Å². The van der Waals surface area contributed by atoms with Gasteiger partial charge in [0.2, 0.25) is 0 Å². The molecule has 0 atom stereocenters. The highest BCUT2D eigenvalue weighted by Gasteiger charge is 2.15. The second kappa shape index (κ2) is 8.59. The highest BCUT2D eigenvalue weighted by Crippen LogP contribution is 2.42. The molecule has 0 amide bonds. The van der Waals surface area contributed by atoms with Crippen molar-refractivity contribution in [1.29, 1.82) is 0 Å². The van der Waals surface area contributed by atoms with Crippen molar-refractivity contribution in [3.05, 3.63) is 121 Å². The first-order valence-corrected chi connectivity index (χ1v) is 12.9. The molecule has 0 aliphatic carbocycles. The molecule has 38 heavy (non-hydrogen) atoms. The Morgan fingerprint density at radius 1 is 0.553 bits per heavy atom. The third-order valence-corrected chi connectivity index (χ3v) is 8.38. The number of rotatable bonds is 3. The van der Waals surface area contributed by atoms with Crippen molar-refractivity contribution in [2.24, 2.45) is 0 Å². The summed E-state index contributed by atoms with van der Waals surface area (Å²) in [7, 11) is 0. The lowest BCUT2D eigenvalue weighted by Crippen LogP contribution is -1.85. The Balaban J connectivity index is 1.42. The summed E-state index contributed by atoms with van der Waals surface area (Å²) in [5, 5.41) is 0.441. The first kappa shape index (κ1) is 11.2. The zero-order valence-corrected chi connectivity index (χ0v) is 20.7. The first-order chi connectivity index (χ1) is 25.5. The van der Waals surface area contributed by atoms with E-state index in [0.29, 0.717) is 20.3 Å². The molecule has 3 aromatic heterocycles. The number of nitrogens with zero attached hydrogens (tertiary/aromatic N) is 2. The van der Waals surface area contributed by atoms with Crippen LogP contribution in [0.1, 0.15) is 21.9 Å². The minimum Gasteiger partial charge on any atom is -0.235 e. The predicted molar refractivity (Wildman–Crippen MR) is 164 cm³/mol. The Bertz CT molecular complexity index is 3000. The molecule has 0 N–H and O–H groups in total. The van der Waals surface area contributed by atoms with E-state index in [1.54, 1.807) is 18.2 Å². The Hall–Kier alpha value is -4.38. The van der Waals surface area contributed by atoms with Crippen molar-refractivity contribution < 1.29 is 21.9 Å². The van der Waals surface area contributed by atoms with E-state index in [2.05, 4.69) is 9.97 Å². The Morgan fingerprint density at radius 3 is 2.26 bits per heavy atom. The fourth-order valence-corrected chi connectivity index (χ4v) is 6.60. The van der Waals surface area contributed by atoms with Gasteiger partial charge in [-0.15, -0.1) is 22.7 Å². The van der Waals surface area contributed by atoms with Gasteiger partial charge in [0.1, 0.15) is 6.33 Å². The maximum Gasteiger partial charge on any atom is 0.116 e. The molecule has 0 bridgehead atoms.